The molecule has 21 heavy (non-hydrogen) atoms. The summed E-state index contributed by atoms with van der Waals surface area (Å²) in [4.78, 5) is 2.75. The molecule has 126 valence electrons. The molecule has 0 aromatic carbocycles. The highest BCUT2D eigenvalue weighted by Crippen LogP contribution is 2.41. The van der Waals surface area contributed by atoms with E-state index in [1.54, 1.807) is 0 Å². The highest BCUT2D eigenvalue weighted by Gasteiger charge is 2.41. The van der Waals surface area contributed by atoms with Crippen molar-refractivity contribution >= 4 is 0 Å². The summed E-state index contributed by atoms with van der Waals surface area (Å²) in [6, 6.07) is 0.711. The first kappa shape index (κ1) is 19.0. The van der Waals surface area contributed by atoms with Gasteiger partial charge in [-0.3, -0.25) is 0 Å². The van der Waals surface area contributed by atoms with Crippen molar-refractivity contribution in [3.8, 4) is 0 Å². The Balaban J connectivity index is 2.57. The molecule has 0 spiro atoms. The van der Waals surface area contributed by atoms with Gasteiger partial charge in [0.05, 0.1) is 0 Å². The molecular formula is C19H40N2. The molecule has 2 nitrogen and oxygen atoms in total. The van der Waals surface area contributed by atoms with E-state index in [-0.39, 0.29) is 0 Å². The molecule has 2 heteroatoms. The van der Waals surface area contributed by atoms with Crippen molar-refractivity contribution < 1.29 is 0 Å². The Labute approximate surface area is 134 Å². The third kappa shape index (κ3) is 6.28. The maximum atomic E-state index is 3.86. The predicted molar refractivity (Wildman–Crippen MR) is 94.8 cm³/mol. The average Bonchev–Trinajstić information content (AvgIpc) is 2.74. The van der Waals surface area contributed by atoms with Crippen LogP contribution in [0.15, 0.2) is 0 Å². The molecule has 0 aromatic rings. The maximum absolute atomic E-state index is 3.86. The third-order valence-corrected chi connectivity index (χ3v) is 5.24. The molecule has 0 aromatic heterocycles. The zero-order valence-electron chi connectivity index (χ0n) is 15.4. The molecule has 0 saturated heterocycles. The minimum Gasteiger partial charge on any atom is -0.313 e. The quantitative estimate of drug-likeness (QED) is 0.595. The van der Waals surface area contributed by atoms with E-state index >= 15 is 0 Å². The van der Waals surface area contributed by atoms with Crippen molar-refractivity contribution in [3.05, 3.63) is 0 Å². The molecule has 0 bridgehead atoms. The molecule has 1 fully saturated rings. The standard InChI is InChI=1S/C19H40N2/c1-6-9-14-21(15-10-7-2)16-17-11-12-19(4,5)18(17)20-13-8-3/h17-18,20H,6-16H2,1-5H3. The van der Waals surface area contributed by atoms with Crippen molar-refractivity contribution in [2.24, 2.45) is 11.3 Å². The number of rotatable bonds is 11. The Bertz CT molecular complexity index is 254. The van der Waals surface area contributed by atoms with Crippen molar-refractivity contribution in [2.75, 3.05) is 26.2 Å². The van der Waals surface area contributed by atoms with E-state index in [9.17, 15) is 0 Å². The zero-order chi connectivity index (χ0) is 15.7. The fourth-order valence-corrected chi connectivity index (χ4v) is 3.85. The predicted octanol–water partition coefficient (Wildman–Crippen LogP) is 4.69. The number of unbranched alkanes of at least 4 members (excludes halogenated alkanes) is 2. The Morgan fingerprint density at radius 2 is 1.62 bits per heavy atom. The van der Waals surface area contributed by atoms with E-state index in [4.69, 9.17) is 0 Å². The zero-order valence-corrected chi connectivity index (χ0v) is 15.4. The molecule has 0 radical (unpaired) electrons. The van der Waals surface area contributed by atoms with E-state index in [1.165, 1.54) is 71.1 Å². The largest absolute Gasteiger partial charge is 0.313 e. The van der Waals surface area contributed by atoms with Crippen LogP contribution in [0.5, 0.6) is 0 Å². The molecule has 0 amide bonds. The van der Waals surface area contributed by atoms with E-state index in [2.05, 4.69) is 44.8 Å². The van der Waals surface area contributed by atoms with Gasteiger partial charge in [0.25, 0.3) is 0 Å². The van der Waals surface area contributed by atoms with Crippen LogP contribution in [-0.4, -0.2) is 37.1 Å². The van der Waals surface area contributed by atoms with Crippen LogP contribution in [0.25, 0.3) is 0 Å². The molecule has 0 heterocycles. The van der Waals surface area contributed by atoms with Gasteiger partial charge < -0.3 is 10.2 Å². The Morgan fingerprint density at radius 1 is 1.00 bits per heavy atom. The number of nitrogens with one attached hydrogen (secondary N) is 1. The lowest BCUT2D eigenvalue weighted by atomic mass is 9.84. The summed E-state index contributed by atoms with van der Waals surface area (Å²) in [6.45, 7) is 16.9. The minimum atomic E-state index is 0.473. The Hall–Kier alpha value is -0.0800. The summed E-state index contributed by atoms with van der Waals surface area (Å²) >= 11 is 0. The second-order valence-electron chi connectivity index (χ2n) is 7.73. The van der Waals surface area contributed by atoms with Crippen molar-refractivity contribution in [1.82, 2.24) is 10.2 Å². The van der Waals surface area contributed by atoms with E-state index in [0.29, 0.717) is 11.5 Å². The molecule has 0 aliphatic heterocycles. The van der Waals surface area contributed by atoms with Gasteiger partial charge in [0.2, 0.25) is 0 Å². The van der Waals surface area contributed by atoms with Gasteiger partial charge in [-0.05, 0) is 63.1 Å². The SMILES string of the molecule is CCCCN(CCCC)CC1CCC(C)(C)C1NCCC. The van der Waals surface area contributed by atoms with Crippen molar-refractivity contribution in [2.45, 2.75) is 85.6 Å². The monoisotopic (exact) mass is 296 g/mol. The molecule has 2 unspecified atom stereocenters. The maximum Gasteiger partial charge on any atom is 0.0159 e. The van der Waals surface area contributed by atoms with Gasteiger partial charge >= 0.3 is 0 Å². The highest BCUT2D eigenvalue weighted by molar-refractivity contribution is 4.97. The summed E-state index contributed by atoms with van der Waals surface area (Å²) in [5.41, 5.74) is 0.473. The molecule has 2 atom stereocenters. The van der Waals surface area contributed by atoms with Gasteiger partial charge in [-0.15, -0.1) is 0 Å². The van der Waals surface area contributed by atoms with Crippen LogP contribution >= 0.6 is 0 Å². The first-order valence-electron chi connectivity index (χ1n) is 9.50. The van der Waals surface area contributed by atoms with E-state index in [0.717, 1.165) is 5.92 Å². The lowest BCUT2D eigenvalue weighted by Crippen LogP contribution is -2.46. The fourth-order valence-electron chi connectivity index (χ4n) is 3.85. The lowest BCUT2D eigenvalue weighted by Gasteiger charge is -2.34. The normalized spacial score (nSPS) is 24.9. The van der Waals surface area contributed by atoms with Crippen molar-refractivity contribution in [1.29, 1.82) is 0 Å². The second-order valence-corrected chi connectivity index (χ2v) is 7.73. The summed E-state index contributed by atoms with van der Waals surface area (Å²) in [5.74, 6) is 0.847. The number of hydrogen-bond acceptors (Lipinski definition) is 2. The van der Waals surface area contributed by atoms with Crippen LogP contribution in [-0.2, 0) is 0 Å². The summed E-state index contributed by atoms with van der Waals surface area (Å²) in [6.07, 6.45) is 9.37. The Kier molecular flexibility index (Phi) is 8.89. The molecule has 1 N–H and O–H groups in total. The highest BCUT2D eigenvalue weighted by atomic mass is 15.1. The van der Waals surface area contributed by atoms with Crippen LogP contribution in [0.1, 0.15) is 79.6 Å². The first-order chi connectivity index (χ1) is 10.0. The topological polar surface area (TPSA) is 15.3 Å². The summed E-state index contributed by atoms with van der Waals surface area (Å²) < 4.78 is 0. The summed E-state index contributed by atoms with van der Waals surface area (Å²) in [7, 11) is 0. The van der Waals surface area contributed by atoms with Crippen LogP contribution in [0.4, 0.5) is 0 Å². The van der Waals surface area contributed by atoms with Gasteiger partial charge in [0.1, 0.15) is 0 Å². The second kappa shape index (κ2) is 9.84. The molecular weight excluding hydrogens is 256 g/mol. The third-order valence-electron chi connectivity index (χ3n) is 5.24. The van der Waals surface area contributed by atoms with Crippen LogP contribution in [0.2, 0.25) is 0 Å². The average molecular weight is 297 g/mol. The Morgan fingerprint density at radius 3 is 2.14 bits per heavy atom. The minimum absolute atomic E-state index is 0.473. The van der Waals surface area contributed by atoms with Crippen LogP contribution in [0, 0.1) is 11.3 Å². The van der Waals surface area contributed by atoms with E-state index < -0.39 is 0 Å². The lowest BCUT2D eigenvalue weighted by molar-refractivity contribution is 0.180. The van der Waals surface area contributed by atoms with Crippen molar-refractivity contribution in [3.63, 3.8) is 0 Å². The van der Waals surface area contributed by atoms with Crippen LogP contribution < -0.4 is 5.32 Å². The molecule has 1 aliphatic carbocycles. The molecule has 1 rings (SSSR count). The molecule has 1 aliphatic rings. The van der Waals surface area contributed by atoms with Gasteiger partial charge in [0.15, 0.2) is 0 Å². The van der Waals surface area contributed by atoms with Gasteiger partial charge in [-0.2, -0.15) is 0 Å². The van der Waals surface area contributed by atoms with E-state index in [1.807, 2.05) is 0 Å². The fraction of sp³-hybridized carbons (Fsp3) is 1.00. The van der Waals surface area contributed by atoms with Crippen LogP contribution in [0.3, 0.4) is 0 Å². The number of hydrogen-bond donors (Lipinski definition) is 1. The smallest absolute Gasteiger partial charge is 0.0159 e. The van der Waals surface area contributed by atoms with Gasteiger partial charge in [-0.25, -0.2) is 0 Å². The summed E-state index contributed by atoms with van der Waals surface area (Å²) in [5, 5.41) is 3.86. The molecule has 1 saturated carbocycles. The first-order valence-corrected chi connectivity index (χ1v) is 9.50. The van der Waals surface area contributed by atoms with Gasteiger partial charge in [-0.1, -0.05) is 47.5 Å². The number of nitrogens with zero attached hydrogens (tertiary/aromatic N) is 1. The van der Waals surface area contributed by atoms with Gasteiger partial charge in [0, 0.05) is 12.6 Å².